The summed E-state index contributed by atoms with van der Waals surface area (Å²) >= 11 is 3.50. The molecule has 0 amide bonds. The maximum Gasteiger partial charge on any atom is 0.0950 e. The van der Waals surface area contributed by atoms with Crippen molar-refractivity contribution in [3.63, 3.8) is 0 Å². The summed E-state index contributed by atoms with van der Waals surface area (Å²) in [5, 5.41) is 8.91. The maximum absolute atomic E-state index is 8.91. The van der Waals surface area contributed by atoms with Crippen molar-refractivity contribution in [2.24, 2.45) is 0 Å². The summed E-state index contributed by atoms with van der Waals surface area (Å²) in [6, 6.07) is 10.8. The van der Waals surface area contributed by atoms with Gasteiger partial charge in [0.25, 0.3) is 0 Å². The molecule has 0 radical (unpaired) electrons. The molecule has 0 N–H and O–H groups in total. The first-order chi connectivity index (χ1) is 8.69. The molecule has 3 nitrogen and oxygen atoms in total. The van der Waals surface area contributed by atoms with Gasteiger partial charge in [0.05, 0.1) is 12.1 Å². The molecule has 1 heterocycles. The van der Waals surface area contributed by atoms with Crippen LogP contribution in [-0.2, 0) is 6.54 Å². The van der Waals surface area contributed by atoms with Gasteiger partial charge < -0.3 is 0 Å². The molecule has 1 aromatic carbocycles. The topological polar surface area (TPSA) is 30.3 Å². The van der Waals surface area contributed by atoms with Gasteiger partial charge in [-0.3, -0.25) is 9.80 Å². The minimum absolute atomic E-state index is 0.0398. The van der Waals surface area contributed by atoms with Crippen molar-refractivity contribution in [3.8, 4) is 6.07 Å². The highest BCUT2D eigenvalue weighted by Crippen LogP contribution is 2.15. The summed E-state index contributed by atoms with van der Waals surface area (Å²) in [5.41, 5.74) is 1.34. The third kappa shape index (κ3) is 3.55. The zero-order valence-corrected chi connectivity index (χ0v) is 12.2. The summed E-state index contributed by atoms with van der Waals surface area (Å²) in [4.78, 5) is 4.69. The fourth-order valence-electron chi connectivity index (χ4n) is 2.28. The number of hydrogen-bond acceptors (Lipinski definition) is 3. The number of nitriles is 1. The van der Waals surface area contributed by atoms with Gasteiger partial charge in [0.2, 0.25) is 0 Å². The van der Waals surface area contributed by atoms with E-state index in [-0.39, 0.29) is 6.04 Å². The van der Waals surface area contributed by atoms with Gasteiger partial charge in [-0.1, -0.05) is 28.1 Å². The Labute approximate surface area is 117 Å². The van der Waals surface area contributed by atoms with Gasteiger partial charge in [0.1, 0.15) is 0 Å². The fraction of sp³-hybridized carbons (Fsp3) is 0.500. The van der Waals surface area contributed by atoms with Crippen LogP contribution in [0.5, 0.6) is 0 Å². The molecule has 1 atom stereocenters. The first kappa shape index (κ1) is 13.5. The molecule has 2 rings (SSSR count). The fourth-order valence-corrected chi connectivity index (χ4v) is 2.73. The summed E-state index contributed by atoms with van der Waals surface area (Å²) in [6.07, 6.45) is 0. The Hall–Kier alpha value is -0.890. The standard InChI is InChI=1S/C14H18BrN3/c1-12(10-16)18-7-5-17(6-8-18)11-13-3-2-4-14(15)9-13/h2-4,9,12H,5-8,11H2,1H3. The van der Waals surface area contributed by atoms with Gasteiger partial charge in [0.15, 0.2) is 0 Å². The normalized spacial score (nSPS) is 19.4. The molecule has 0 saturated carbocycles. The van der Waals surface area contributed by atoms with Crippen LogP contribution >= 0.6 is 15.9 Å². The Bertz CT molecular complexity index is 433. The maximum atomic E-state index is 8.91. The zero-order chi connectivity index (χ0) is 13.0. The monoisotopic (exact) mass is 307 g/mol. The first-order valence-electron chi connectivity index (χ1n) is 6.29. The minimum atomic E-state index is 0.0398. The van der Waals surface area contributed by atoms with Crippen LogP contribution in [0.3, 0.4) is 0 Å². The Kier molecular flexibility index (Phi) is 4.76. The van der Waals surface area contributed by atoms with Crippen molar-refractivity contribution < 1.29 is 0 Å². The van der Waals surface area contributed by atoms with Crippen molar-refractivity contribution >= 4 is 15.9 Å². The van der Waals surface area contributed by atoms with Gasteiger partial charge in [-0.2, -0.15) is 5.26 Å². The van der Waals surface area contributed by atoms with Crippen LogP contribution in [0.4, 0.5) is 0 Å². The van der Waals surface area contributed by atoms with E-state index in [1.165, 1.54) is 5.56 Å². The number of hydrogen-bond donors (Lipinski definition) is 0. The molecular formula is C14H18BrN3. The van der Waals surface area contributed by atoms with Gasteiger partial charge in [0, 0.05) is 37.2 Å². The molecule has 18 heavy (non-hydrogen) atoms. The van der Waals surface area contributed by atoms with E-state index in [1.807, 2.05) is 6.92 Å². The SMILES string of the molecule is CC(C#N)N1CCN(Cc2cccc(Br)c2)CC1. The van der Waals surface area contributed by atoms with E-state index in [0.717, 1.165) is 37.2 Å². The Morgan fingerprint density at radius 1 is 1.33 bits per heavy atom. The molecule has 1 unspecified atom stereocenters. The predicted molar refractivity (Wildman–Crippen MR) is 76.1 cm³/mol. The smallest absolute Gasteiger partial charge is 0.0950 e. The number of halogens is 1. The molecule has 4 heteroatoms. The average molecular weight is 308 g/mol. The lowest BCUT2D eigenvalue weighted by molar-refractivity contribution is 0.114. The van der Waals surface area contributed by atoms with E-state index < -0.39 is 0 Å². The van der Waals surface area contributed by atoms with Crippen LogP contribution in [-0.4, -0.2) is 42.0 Å². The van der Waals surface area contributed by atoms with Crippen molar-refractivity contribution in [2.75, 3.05) is 26.2 Å². The van der Waals surface area contributed by atoms with Crippen molar-refractivity contribution in [2.45, 2.75) is 19.5 Å². The summed E-state index contributed by atoms with van der Waals surface area (Å²) < 4.78 is 1.14. The van der Waals surface area contributed by atoms with Crippen molar-refractivity contribution in [1.29, 1.82) is 5.26 Å². The van der Waals surface area contributed by atoms with E-state index >= 15 is 0 Å². The van der Waals surface area contributed by atoms with E-state index in [1.54, 1.807) is 0 Å². The predicted octanol–water partition coefficient (Wildman–Crippen LogP) is 2.48. The quantitative estimate of drug-likeness (QED) is 0.859. The van der Waals surface area contributed by atoms with Crippen molar-refractivity contribution in [1.82, 2.24) is 9.80 Å². The second kappa shape index (κ2) is 6.33. The Morgan fingerprint density at radius 3 is 2.67 bits per heavy atom. The molecule has 0 aromatic heterocycles. The first-order valence-corrected chi connectivity index (χ1v) is 7.09. The van der Waals surface area contributed by atoms with Crippen LogP contribution in [0.25, 0.3) is 0 Å². The number of piperazine rings is 1. The largest absolute Gasteiger partial charge is 0.297 e. The van der Waals surface area contributed by atoms with Gasteiger partial charge in [-0.05, 0) is 24.6 Å². The minimum Gasteiger partial charge on any atom is -0.297 e. The average Bonchev–Trinajstić information content (AvgIpc) is 2.39. The Balaban J connectivity index is 1.86. The number of nitrogens with zero attached hydrogens (tertiary/aromatic N) is 3. The van der Waals surface area contributed by atoms with Crippen LogP contribution < -0.4 is 0 Å². The van der Waals surface area contributed by atoms with E-state index in [0.29, 0.717) is 0 Å². The molecular weight excluding hydrogens is 290 g/mol. The molecule has 0 spiro atoms. The number of benzene rings is 1. The highest BCUT2D eigenvalue weighted by molar-refractivity contribution is 9.10. The molecule has 1 fully saturated rings. The molecule has 1 aromatic rings. The van der Waals surface area contributed by atoms with Crippen LogP contribution in [0, 0.1) is 11.3 Å². The lowest BCUT2D eigenvalue weighted by Gasteiger charge is -2.35. The molecule has 96 valence electrons. The van der Waals surface area contributed by atoms with Crippen LogP contribution in [0.1, 0.15) is 12.5 Å². The zero-order valence-electron chi connectivity index (χ0n) is 10.6. The summed E-state index contributed by atoms with van der Waals surface area (Å²) in [6.45, 7) is 7.03. The van der Waals surface area contributed by atoms with Gasteiger partial charge >= 0.3 is 0 Å². The lowest BCUT2D eigenvalue weighted by atomic mass is 10.2. The second-order valence-electron chi connectivity index (χ2n) is 4.75. The molecule has 1 aliphatic rings. The number of rotatable bonds is 3. The van der Waals surface area contributed by atoms with Crippen LogP contribution in [0.2, 0.25) is 0 Å². The Morgan fingerprint density at radius 2 is 2.06 bits per heavy atom. The van der Waals surface area contributed by atoms with Crippen LogP contribution in [0.15, 0.2) is 28.7 Å². The van der Waals surface area contributed by atoms with E-state index in [2.05, 4.69) is 56.1 Å². The highest BCUT2D eigenvalue weighted by atomic mass is 79.9. The molecule has 0 bridgehead atoms. The van der Waals surface area contributed by atoms with Crippen molar-refractivity contribution in [3.05, 3.63) is 34.3 Å². The summed E-state index contributed by atoms with van der Waals surface area (Å²) in [5.74, 6) is 0. The molecule has 1 saturated heterocycles. The summed E-state index contributed by atoms with van der Waals surface area (Å²) in [7, 11) is 0. The lowest BCUT2D eigenvalue weighted by Crippen LogP contribution is -2.48. The van der Waals surface area contributed by atoms with E-state index in [4.69, 9.17) is 5.26 Å². The van der Waals surface area contributed by atoms with Gasteiger partial charge in [-0.25, -0.2) is 0 Å². The third-order valence-corrected chi connectivity index (χ3v) is 3.93. The van der Waals surface area contributed by atoms with E-state index in [9.17, 15) is 0 Å². The third-order valence-electron chi connectivity index (χ3n) is 3.44. The molecule has 1 aliphatic heterocycles. The van der Waals surface area contributed by atoms with Gasteiger partial charge in [-0.15, -0.1) is 0 Å². The highest BCUT2D eigenvalue weighted by Gasteiger charge is 2.20. The second-order valence-corrected chi connectivity index (χ2v) is 5.66. The molecule has 0 aliphatic carbocycles.